The number of nitrogens with two attached hydrogens (primary N) is 1. The fourth-order valence-electron chi connectivity index (χ4n) is 1.45. The molecule has 2 rings (SSSR count). The van der Waals surface area contributed by atoms with Gasteiger partial charge < -0.3 is 11.1 Å². The third-order valence-corrected chi connectivity index (χ3v) is 2.49. The third-order valence-electron chi connectivity index (χ3n) is 2.30. The highest BCUT2D eigenvalue weighted by Gasteiger charge is 1.97. The highest BCUT2D eigenvalue weighted by atomic mass is 35.5. The van der Waals surface area contributed by atoms with Crippen molar-refractivity contribution in [3.8, 4) is 0 Å². The first-order valence-corrected chi connectivity index (χ1v) is 5.65. The molecule has 0 bridgehead atoms. The number of halogens is 1. The van der Waals surface area contributed by atoms with Crippen LogP contribution in [-0.4, -0.2) is 9.97 Å². The number of nitrogens with zero attached hydrogens (tertiary/aromatic N) is 2. The summed E-state index contributed by atoms with van der Waals surface area (Å²) in [7, 11) is 0. The summed E-state index contributed by atoms with van der Waals surface area (Å²) < 4.78 is 0. The second-order valence-electron chi connectivity index (χ2n) is 3.60. The van der Waals surface area contributed by atoms with Crippen LogP contribution in [0.15, 0.2) is 36.7 Å². The lowest BCUT2D eigenvalue weighted by molar-refractivity contribution is 1.03. The van der Waals surface area contributed by atoms with E-state index in [0.29, 0.717) is 24.1 Å². The third kappa shape index (κ3) is 3.41. The molecular formula is C12H13ClN4. The van der Waals surface area contributed by atoms with E-state index in [2.05, 4.69) is 21.4 Å². The predicted molar refractivity (Wildman–Crippen MR) is 68.7 cm³/mol. The van der Waals surface area contributed by atoms with Crippen molar-refractivity contribution in [1.82, 2.24) is 9.97 Å². The summed E-state index contributed by atoms with van der Waals surface area (Å²) in [5.74, 6) is 0.563. The van der Waals surface area contributed by atoms with Gasteiger partial charge in [0, 0.05) is 13.1 Å². The largest absolute Gasteiger partial charge is 0.350 e. The molecular weight excluding hydrogens is 236 g/mol. The number of hydrogen-bond acceptors (Lipinski definition) is 4. The summed E-state index contributed by atoms with van der Waals surface area (Å²) in [6.45, 7) is 1.21. The zero-order chi connectivity index (χ0) is 12.1. The van der Waals surface area contributed by atoms with E-state index < -0.39 is 0 Å². The molecule has 5 heteroatoms. The van der Waals surface area contributed by atoms with Crippen molar-refractivity contribution in [3.05, 3.63) is 52.8 Å². The SMILES string of the molecule is NCc1cccc(CNc2ncc(Cl)cn2)c1. The van der Waals surface area contributed by atoms with E-state index in [1.807, 2.05) is 18.2 Å². The number of aromatic nitrogens is 2. The van der Waals surface area contributed by atoms with E-state index in [4.69, 9.17) is 17.3 Å². The molecule has 0 radical (unpaired) electrons. The predicted octanol–water partition coefficient (Wildman–Crippen LogP) is 2.20. The van der Waals surface area contributed by atoms with Crippen LogP contribution in [0, 0.1) is 0 Å². The average Bonchev–Trinajstić information content (AvgIpc) is 2.38. The first-order valence-electron chi connectivity index (χ1n) is 5.27. The van der Waals surface area contributed by atoms with E-state index in [1.54, 1.807) is 12.4 Å². The van der Waals surface area contributed by atoms with Gasteiger partial charge in [0.2, 0.25) is 5.95 Å². The molecule has 1 heterocycles. The number of rotatable bonds is 4. The number of benzene rings is 1. The van der Waals surface area contributed by atoms with Gasteiger partial charge in [-0.05, 0) is 11.1 Å². The summed E-state index contributed by atoms with van der Waals surface area (Å²) in [4.78, 5) is 8.11. The van der Waals surface area contributed by atoms with Crippen LogP contribution in [0.2, 0.25) is 5.02 Å². The van der Waals surface area contributed by atoms with Gasteiger partial charge in [0.1, 0.15) is 0 Å². The molecule has 4 nitrogen and oxygen atoms in total. The van der Waals surface area contributed by atoms with E-state index >= 15 is 0 Å². The van der Waals surface area contributed by atoms with Crippen LogP contribution in [-0.2, 0) is 13.1 Å². The average molecular weight is 249 g/mol. The first kappa shape index (κ1) is 11.8. The van der Waals surface area contributed by atoms with Crippen molar-refractivity contribution < 1.29 is 0 Å². The maximum absolute atomic E-state index is 5.70. The van der Waals surface area contributed by atoms with Crippen LogP contribution in [0.5, 0.6) is 0 Å². The maximum atomic E-state index is 5.70. The van der Waals surface area contributed by atoms with E-state index in [9.17, 15) is 0 Å². The molecule has 0 aliphatic carbocycles. The molecule has 0 saturated carbocycles. The standard InChI is InChI=1S/C12H13ClN4/c13-11-7-16-12(17-8-11)15-6-10-3-1-2-9(4-10)5-14/h1-4,7-8H,5-6,14H2,(H,15,16,17). The van der Waals surface area contributed by atoms with Crippen LogP contribution in [0.4, 0.5) is 5.95 Å². The number of anilines is 1. The van der Waals surface area contributed by atoms with Gasteiger partial charge >= 0.3 is 0 Å². The zero-order valence-corrected chi connectivity index (χ0v) is 9.98. The highest BCUT2D eigenvalue weighted by molar-refractivity contribution is 6.30. The van der Waals surface area contributed by atoms with Gasteiger partial charge in [0.15, 0.2) is 0 Å². The molecule has 88 valence electrons. The summed E-state index contributed by atoms with van der Waals surface area (Å²) >= 11 is 5.70. The number of nitrogens with one attached hydrogen (secondary N) is 1. The smallest absolute Gasteiger partial charge is 0.222 e. The lowest BCUT2D eigenvalue weighted by atomic mass is 10.1. The Bertz CT molecular complexity index is 484. The molecule has 2 aromatic rings. The Hall–Kier alpha value is -1.65. The fourth-order valence-corrected chi connectivity index (χ4v) is 1.55. The Labute approximate surface area is 105 Å². The molecule has 3 N–H and O–H groups in total. The first-order chi connectivity index (χ1) is 8.28. The van der Waals surface area contributed by atoms with Crippen molar-refractivity contribution in [2.75, 3.05) is 5.32 Å². The maximum Gasteiger partial charge on any atom is 0.222 e. The summed E-state index contributed by atoms with van der Waals surface area (Å²) in [6.07, 6.45) is 3.13. The van der Waals surface area contributed by atoms with Crippen molar-refractivity contribution in [2.24, 2.45) is 5.73 Å². The molecule has 0 atom stereocenters. The molecule has 0 amide bonds. The van der Waals surface area contributed by atoms with Gasteiger partial charge in [-0.2, -0.15) is 0 Å². The van der Waals surface area contributed by atoms with Crippen LogP contribution < -0.4 is 11.1 Å². The molecule has 1 aromatic carbocycles. The Morgan fingerprint density at radius 3 is 2.59 bits per heavy atom. The van der Waals surface area contributed by atoms with Crippen molar-refractivity contribution in [2.45, 2.75) is 13.1 Å². The van der Waals surface area contributed by atoms with E-state index in [0.717, 1.165) is 11.1 Å². The lowest BCUT2D eigenvalue weighted by Gasteiger charge is -2.06. The van der Waals surface area contributed by atoms with Crippen molar-refractivity contribution in [1.29, 1.82) is 0 Å². The summed E-state index contributed by atoms with van der Waals surface area (Å²) in [6, 6.07) is 8.08. The topological polar surface area (TPSA) is 63.8 Å². The van der Waals surface area contributed by atoms with E-state index in [1.165, 1.54) is 0 Å². The van der Waals surface area contributed by atoms with Crippen LogP contribution in [0.3, 0.4) is 0 Å². The molecule has 0 aliphatic heterocycles. The molecule has 0 unspecified atom stereocenters. The van der Waals surface area contributed by atoms with E-state index in [-0.39, 0.29) is 0 Å². The fraction of sp³-hybridized carbons (Fsp3) is 0.167. The summed E-state index contributed by atoms with van der Waals surface area (Å²) in [5, 5.41) is 3.65. The van der Waals surface area contributed by atoms with Gasteiger partial charge in [0.05, 0.1) is 17.4 Å². The van der Waals surface area contributed by atoms with Crippen LogP contribution in [0.25, 0.3) is 0 Å². The molecule has 0 fully saturated rings. The lowest BCUT2D eigenvalue weighted by Crippen LogP contribution is -2.04. The number of hydrogen-bond donors (Lipinski definition) is 2. The molecule has 0 spiro atoms. The quantitative estimate of drug-likeness (QED) is 0.871. The minimum Gasteiger partial charge on any atom is -0.350 e. The molecule has 17 heavy (non-hydrogen) atoms. The van der Waals surface area contributed by atoms with Crippen molar-refractivity contribution in [3.63, 3.8) is 0 Å². The van der Waals surface area contributed by atoms with Crippen LogP contribution >= 0.6 is 11.6 Å². The van der Waals surface area contributed by atoms with Gasteiger partial charge in [-0.1, -0.05) is 35.9 Å². The highest BCUT2D eigenvalue weighted by Crippen LogP contribution is 2.08. The van der Waals surface area contributed by atoms with Crippen LogP contribution in [0.1, 0.15) is 11.1 Å². The Morgan fingerprint density at radius 2 is 1.88 bits per heavy atom. The molecule has 0 aliphatic rings. The van der Waals surface area contributed by atoms with Gasteiger partial charge in [-0.15, -0.1) is 0 Å². The Kier molecular flexibility index (Phi) is 3.90. The minimum atomic E-state index is 0.528. The minimum absolute atomic E-state index is 0.528. The normalized spacial score (nSPS) is 10.2. The summed E-state index contributed by atoms with van der Waals surface area (Å²) in [5.41, 5.74) is 7.84. The molecule has 0 saturated heterocycles. The van der Waals surface area contributed by atoms with Gasteiger partial charge in [-0.3, -0.25) is 0 Å². The second kappa shape index (κ2) is 5.61. The van der Waals surface area contributed by atoms with Crippen molar-refractivity contribution >= 4 is 17.5 Å². The molecule has 1 aromatic heterocycles. The second-order valence-corrected chi connectivity index (χ2v) is 4.04. The Balaban J connectivity index is 1.99. The van der Waals surface area contributed by atoms with Gasteiger partial charge in [-0.25, -0.2) is 9.97 Å². The Morgan fingerprint density at radius 1 is 1.18 bits per heavy atom. The zero-order valence-electron chi connectivity index (χ0n) is 9.23. The monoisotopic (exact) mass is 248 g/mol. The van der Waals surface area contributed by atoms with Gasteiger partial charge in [0.25, 0.3) is 0 Å².